The van der Waals surface area contributed by atoms with Crippen molar-refractivity contribution in [2.24, 2.45) is 0 Å². The van der Waals surface area contributed by atoms with E-state index in [1.54, 1.807) is 12.3 Å². The minimum atomic E-state index is -5.39. The first kappa shape index (κ1) is 32.3. The van der Waals surface area contributed by atoms with E-state index in [1.807, 2.05) is 6.07 Å². The van der Waals surface area contributed by atoms with Crippen LogP contribution in [0.25, 0.3) is 0 Å². The molecule has 2 aliphatic rings. The standard InChI is InChI=1S/C30H28F5N3O6S/c1-44-30(41)20-10-9-19(13-22(20)39)37(15-18-8-7-17(14-36-18)16-5-3-2-4-6-16)29(40)21-11-12-38(21)45(42,43)28-26(34)24(32)23(31)25(33)27(28)35/h7-10,13-14,16,21,39H,2-6,11-12,15H2,1H3/t21-/m1/s1. The van der Waals surface area contributed by atoms with Gasteiger partial charge in [0.2, 0.25) is 21.7 Å². The summed E-state index contributed by atoms with van der Waals surface area (Å²) in [5, 5.41) is 10.5. The van der Waals surface area contributed by atoms with Crippen LogP contribution >= 0.6 is 0 Å². The highest BCUT2D eigenvalue weighted by Gasteiger charge is 2.48. The molecule has 2 aromatic carbocycles. The molecule has 9 nitrogen and oxygen atoms in total. The van der Waals surface area contributed by atoms with E-state index in [0.29, 0.717) is 15.9 Å². The minimum Gasteiger partial charge on any atom is -0.507 e. The molecule has 3 aromatic rings. The van der Waals surface area contributed by atoms with Gasteiger partial charge in [-0.3, -0.25) is 9.78 Å². The minimum absolute atomic E-state index is 0.00351. The van der Waals surface area contributed by atoms with Gasteiger partial charge in [-0.15, -0.1) is 0 Å². The largest absolute Gasteiger partial charge is 0.507 e. The monoisotopic (exact) mass is 653 g/mol. The van der Waals surface area contributed by atoms with Gasteiger partial charge >= 0.3 is 5.97 Å². The van der Waals surface area contributed by atoms with Crippen molar-refractivity contribution >= 4 is 27.6 Å². The second-order valence-corrected chi connectivity index (χ2v) is 12.7. The molecule has 240 valence electrons. The summed E-state index contributed by atoms with van der Waals surface area (Å²) in [5.41, 5.74) is 1.18. The van der Waals surface area contributed by atoms with Crippen LogP contribution in [0, 0.1) is 29.1 Å². The predicted octanol–water partition coefficient (Wildman–Crippen LogP) is 5.31. The smallest absolute Gasteiger partial charge is 0.341 e. The maximum Gasteiger partial charge on any atom is 0.341 e. The van der Waals surface area contributed by atoms with E-state index in [9.17, 15) is 45.1 Å². The second-order valence-electron chi connectivity index (χ2n) is 10.9. The Bertz CT molecular complexity index is 1720. The Hall–Kier alpha value is -4.11. The van der Waals surface area contributed by atoms with Crippen molar-refractivity contribution in [2.45, 2.75) is 61.9 Å². The first-order chi connectivity index (χ1) is 21.4. The molecule has 2 heterocycles. The molecule has 0 radical (unpaired) electrons. The van der Waals surface area contributed by atoms with Crippen LogP contribution in [0.4, 0.5) is 27.6 Å². The Balaban J connectivity index is 1.49. The van der Waals surface area contributed by atoms with Crippen molar-refractivity contribution in [3.8, 4) is 5.75 Å². The van der Waals surface area contributed by atoms with Gasteiger partial charge in [0, 0.05) is 24.5 Å². The molecule has 0 spiro atoms. The average molecular weight is 654 g/mol. The number of pyridine rings is 1. The molecule has 1 saturated carbocycles. The molecule has 45 heavy (non-hydrogen) atoms. The number of halogens is 5. The number of aromatic hydroxyl groups is 1. The van der Waals surface area contributed by atoms with Crippen LogP contribution in [-0.2, 0) is 26.1 Å². The zero-order chi connectivity index (χ0) is 32.6. The Kier molecular flexibility index (Phi) is 9.12. The number of nitrogens with zero attached hydrogens (tertiary/aromatic N) is 3. The Labute approximate surface area is 255 Å². The van der Waals surface area contributed by atoms with E-state index in [4.69, 9.17) is 0 Å². The van der Waals surface area contributed by atoms with Gasteiger partial charge in [-0.2, -0.15) is 4.31 Å². The van der Waals surface area contributed by atoms with Crippen LogP contribution in [0.2, 0.25) is 0 Å². The molecule has 15 heteroatoms. The molecular formula is C30H28F5N3O6S. The van der Waals surface area contributed by atoms with Gasteiger partial charge in [0.15, 0.2) is 28.2 Å². The lowest BCUT2D eigenvalue weighted by Gasteiger charge is -2.41. The Morgan fingerprint density at radius 3 is 2.13 bits per heavy atom. The molecule has 1 atom stereocenters. The molecule has 1 aliphatic heterocycles. The summed E-state index contributed by atoms with van der Waals surface area (Å²) in [7, 11) is -4.29. The number of benzene rings is 2. The van der Waals surface area contributed by atoms with Crippen molar-refractivity contribution in [3.05, 3.63) is 82.4 Å². The van der Waals surface area contributed by atoms with Crippen LogP contribution in [-0.4, -0.2) is 54.4 Å². The second kappa shape index (κ2) is 12.7. The van der Waals surface area contributed by atoms with Crippen molar-refractivity contribution in [3.63, 3.8) is 0 Å². The van der Waals surface area contributed by atoms with E-state index in [-0.39, 0.29) is 24.2 Å². The average Bonchev–Trinajstić information content (AvgIpc) is 3.01. The normalized spacial score (nSPS) is 17.5. The van der Waals surface area contributed by atoms with E-state index >= 15 is 0 Å². The molecule has 5 rings (SSSR count). The van der Waals surface area contributed by atoms with E-state index in [1.165, 1.54) is 18.6 Å². The summed E-state index contributed by atoms with van der Waals surface area (Å²) < 4.78 is 102. The number of hydrogen-bond acceptors (Lipinski definition) is 7. The predicted molar refractivity (Wildman–Crippen MR) is 149 cm³/mol. The number of ether oxygens (including phenoxy) is 1. The fraction of sp³-hybridized carbons (Fsp3) is 0.367. The first-order valence-electron chi connectivity index (χ1n) is 14.1. The summed E-state index contributed by atoms with van der Waals surface area (Å²) in [5.74, 6) is -14.5. The Morgan fingerprint density at radius 2 is 1.60 bits per heavy atom. The van der Waals surface area contributed by atoms with Gasteiger partial charge in [-0.05, 0) is 48.9 Å². The molecule has 1 aromatic heterocycles. The molecule has 1 saturated heterocycles. The van der Waals surface area contributed by atoms with Gasteiger partial charge in [0.1, 0.15) is 17.4 Å². The summed E-state index contributed by atoms with van der Waals surface area (Å²) in [4.78, 5) is 29.3. The van der Waals surface area contributed by atoms with Gasteiger partial charge in [-0.1, -0.05) is 25.3 Å². The fourth-order valence-electron chi connectivity index (χ4n) is 5.64. The van der Waals surface area contributed by atoms with Crippen molar-refractivity contribution in [1.82, 2.24) is 9.29 Å². The van der Waals surface area contributed by atoms with Crippen LogP contribution in [0.1, 0.15) is 66.1 Å². The number of phenols is 1. The highest BCUT2D eigenvalue weighted by Crippen LogP contribution is 2.36. The van der Waals surface area contributed by atoms with Gasteiger partial charge in [0.05, 0.1) is 19.3 Å². The molecule has 2 fully saturated rings. The number of phenolic OH excluding ortho intramolecular Hbond substituents is 1. The highest BCUT2D eigenvalue weighted by atomic mass is 32.2. The van der Waals surface area contributed by atoms with Crippen molar-refractivity contribution in [1.29, 1.82) is 0 Å². The molecular weight excluding hydrogens is 625 g/mol. The van der Waals surface area contributed by atoms with Crippen LogP contribution in [0.5, 0.6) is 5.75 Å². The molecule has 0 bridgehead atoms. The van der Waals surface area contributed by atoms with E-state index in [0.717, 1.165) is 49.3 Å². The number of aromatic nitrogens is 1. The molecule has 1 aliphatic carbocycles. The quantitative estimate of drug-likeness (QED) is 0.152. The lowest BCUT2D eigenvalue weighted by atomic mass is 9.85. The number of carbonyl (C=O) groups is 2. The fourth-order valence-corrected chi connectivity index (χ4v) is 7.39. The molecule has 1 N–H and O–H groups in total. The Morgan fingerprint density at radius 1 is 0.956 bits per heavy atom. The zero-order valence-electron chi connectivity index (χ0n) is 23.9. The first-order valence-corrected chi connectivity index (χ1v) is 15.5. The third-order valence-corrected chi connectivity index (χ3v) is 10.1. The zero-order valence-corrected chi connectivity index (χ0v) is 24.7. The SMILES string of the molecule is COC(=O)c1ccc(N(Cc2ccc(C3CCCCC3)cn2)C(=O)[C@H]2CCN2S(=O)(=O)c2c(F)c(F)c(F)c(F)c2F)cc1O. The molecule has 1 amide bonds. The van der Waals surface area contributed by atoms with E-state index in [2.05, 4.69) is 9.72 Å². The number of hydrogen-bond donors (Lipinski definition) is 1. The topological polar surface area (TPSA) is 117 Å². The van der Waals surface area contributed by atoms with Gasteiger partial charge < -0.3 is 14.7 Å². The van der Waals surface area contributed by atoms with Crippen molar-refractivity contribution in [2.75, 3.05) is 18.6 Å². The van der Waals surface area contributed by atoms with Crippen LogP contribution in [0.3, 0.4) is 0 Å². The van der Waals surface area contributed by atoms with Crippen molar-refractivity contribution < 1.29 is 49.8 Å². The van der Waals surface area contributed by atoms with Gasteiger partial charge in [0.25, 0.3) is 0 Å². The summed E-state index contributed by atoms with van der Waals surface area (Å²) in [6.45, 7) is -0.708. The number of carbonyl (C=O) groups excluding carboxylic acids is 2. The number of sulfonamides is 1. The maximum absolute atomic E-state index is 14.5. The summed E-state index contributed by atoms with van der Waals surface area (Å²) in [6.07, 6.45) is 6.95. The lowest BCUT2D eigenvalue weighted by molar-refractivity contribution is -0.125. The number of esters is 1. The van der Waals surface area contributed by atoms with Crippen LogP contribution in [0.15, 0.2) is 41.4 Å². The number of amides is 1. The highest BCUT2D eigenvalue weighted by molar-refractivity contribution is 7.89. The third-order valence-electron chi connectivity index (χ3n) is 8.20. The number of rotatable bonds is 8. The number of methoxy groups -OCH3 is 1. The maximum atomic E-state index is 14.5. The molecule has 0 unspecified atom stereocenters. The van der Waals surface area contributed by atoms with Crippen LogP contribution < -0.4 is 4.90 Å². The van der Waals surface area contributed by atoms with E-state index < -0.39 is 74.2 Å². The third kappa shape index (κ3) is 5.98. The summed E-state index contributed by atoms with van der Waals surface area (Å²) >= 11 is 0. The van der Waals surface area contributed by atoms with Gasteiger partial charge in [-0.25, -0.2) is 35.2 Å². The number of anilines is 1. The lowest BCUT2D eigenvalue weighted by Crippen LogP contribution is -2.59. The summed E-state index contributed by atoms with van der Waals surface area (Å²) in [6, 6.07) is 5.51.